The van der Waals surface area contributed by atoms with Gasteiger partial charge in [0.25, 0.3) is 0 Å². The summed E-state index contributed by atoms with van der Waals surface area (Å²) in [7, 11) is 1.68. The Kier molecular flexibility index (Phi) is 5.50. The Hall–Kier alpha value is -1.45. The van der Waals surface area contributed by atoms with Crippen LogP contribution in [0.3, 0.4) is 0 Å². The number of thioether (sulfide) groups is 1. The van der Waals surface area contributed by atoms with Crippen LogP contribution in [0.15, 0.2) is 48.5 Å². The number of methoxy groups -OCH3 is 1. The summed E-state index contributed by atoms with van der Waals surface area (Å²) in [5.74, 6) is 1.86. The molecule has 0 radical (unpaired) electrons. The van der Waals surface area contributed by atoms with Gasteiger partial charge < -0.3 is 10.5 Å². The van der Waals surface area contributed by atoms with Gasteiger partial charge in [0.1, 0.15) is 5.75 Å². The lowest BCUT2D eigenvalue weighted by atomic mass is 10.1. The van der Waals surface area contributed by atoms with Crippen LogP contribution in [0, 0.1) is 6.92 Å². The minimum atomic E-state index is 0.321. The summed E-state index contributed by atoms with van der Waals surface area (Å²) < 4.78 is 5.19. The Bertz CT molecular complexity index is 539. The van der Waals surface area contributed by atoms with E-state index in [1.165, 1.54) is 16.7 Å². The van der Waals surface area contributed by atoms with Crippen LogP contribution in [-0.4, -0.2) is 13.7 Å². The van der Waals surface area contributed by atoms with E-state index in [0.717, 1.165) is 11.5 Å². The van der Waals surface area contributed by atoms with Gasteiger partial charge in [0.15, 0.2) is 0 Å². The van der Waals surface area contributed by atoms with E-state index in [1.807, 2.05) is 23.9 Å². The highest BCUT2D eigenvalue weighted by Gasteiger charge is 2.10. The first-order valence-corrected chi connectivity index (χ1v) is 7.79. The van der Waals surface area contributed by atoms with E-state index in [4.69, 9.17) is 10.5 Å². The smallest absolute Gasteiger partial charge is 0.118 e. The van der Waals surface area contributed by atoms with Gasteiger partial charge in [-0.1, -0.05) is 42.0 Å². The van der Waals surface area contributed by atoms with Crippen LogP contribution in [0.4, 0.5) is 0 Å². The average molecular weight is 287 g/mol. The molecule has 2 aromatic rings. The molecule has 3 heteroatoms. The number of benzene rings is 2. The molecule has 1 atom stereocenters. The molecule has 0 fully saturated rings. The van der Waals surface area contributed by atoms with Crippen molar-refractivity contribution < 1.29 is 4.74 Å². The van der Waals surface area contributed by atoms with Gasteiger partial charge in [-0.05, 0) is 30.2 Å². The van der Waals surface area contributed by atoms with Crippen molar-refractivity contribution in [2.45, 2.75) is 17.9 Å². The van der Waals surface area contributed by atoms with Crippen molar-refractivity contribution in [2.75, 3.05) is 13.7 Å². The van der Waals surface area contributed by atoms with Gasteiger partial charge in [0, 0.05) is 17.5 Å². The Morgan fingerprint density at radius 3 is 2.50 bits per heavy atom. The fourth-order valence-corrected chi connectivity index (χ4v) is 3.18. The van der Waals surface area contributed by atoms with Crippen molar-refractivity contribution in [1.82, 2.24) is 0 Å². The topological polar surface area (TPSA) is 35.2 Å². The Morgan fingerprint density at radius 1 is 1.15 bits per heavy atom. The highest BCUT2D eigenvalue weighted by atomic mass is 32.2. The lowest BCUT2D eigenvalue weighted by molar-refractivity contribution is 0.414. The van der Waals surface area contributed by atoms with E-state index in [2.05, 4.69) is 43.3 Å². The second kappa shape index (κ2) is 7.36. The average Bonchev–Trinajstić information content (AvgIpc) is 2.48. The second-order valence-electron chi connectivity index (χ2n) is 4.80. The summed E-state index contributed by atoms with van der Waals surface area (Å²) in [4.78, 5) is 0. The predicted octanol–water partition coefficient (Wildman–Crippen LogP) is 3.94. The van der Waals surface area contributed by atoms with Gasteiger partial charge in [-0.3, -0.25) is 0 Å². The van der Waals surface area contributed by atoms with Gasteiger partial charge in [-0.2, -0.15) is 0 Å². The van der Waals surface area contributed by atoms with Crippen molar-refractivity contribution in [2.24, 2.45) is 5.73 Å². The molecule has 2 aromatic carbocycles. The minimum Gasteiger partial charge on any atom is -0.497 e. The molecule has 0 bridgehead atoms. The van der Waals surface area contributed by atoms with E-state index in [-0.39, 0.29) is 0 Å². The van der Waals surface area contributed by atoms with Gasteiger partial charge in [-0.15, -0.1) is 11.8 Å². The number of hydrogen-bond acceptors (Lipinski definition) is 3. The number of rotatable bonds is 6. The van der Waals surface area contributed by atoms with Crippen LogP contribution >= 0.6 is 11.8 Å². The maximum absolute atomic E-state index is 5.92. The molecular formula is C17H21NOS. The number of aryl methyl sites for hydroxylation is 1. The van der Waals surface area contributed by atoms with Crippen LogP contribution in [0.1, 0.15) is 21.9 Å². The van der Waals surface area contributed by atoms with E-state index in [1.54, 1.807) is 7.11 Å². The minimum absolute atomic E-state index is 0.321. The van der Waals surface area contributed by atoms with Crippen molar-refractivity contribution in [3.05, 3.63) is 65.2 Å². The third-order valence-corrected chi connectivity index (χ3v) is 4.60. The van der Waals surface area contributed by atoms with Crippen LogP contribution in [0.5, 0.6) is 5.75 Å². The zero-order valence-corrected chi connectivity index (χ0v) is 12.8. The van der Waals surface area contributed by atoms with Crippen LogP contribution in [-0.2, 0) is 5.75 Å². The van der Waals surface area contributed by atoms with E-state index in [9.17, 15) is 0 Å². The SMILES string of the molecule is COc1ccc(C(CN)SCc2cccc(C)c2)cc1. The first-order valence-electron chi connectivity index (χ1n) is 6.74. The Morgan fingerprint density at radius 2 is 1.90 bits per heavy atom. The maximum Gasteiger partial charge on any atom is 0.118 e. The Balaban J connectivity index is 2.01. The molecule has 0 aliphatic carbocycles. The lowest BCUT2D eigenvalue weighted by Gasteiger charge is -2.15. The van der Waals surface area contributed by atoms with Gasteiger partial charge in [0.2, 0.25) is 0 Å². The fourth-order valence-electron chi connectivity index (χ4n) is 2.12. The predicted molar refractivity (Wildman–Crippen MR) is 87.3 cm³/mol. The molecule has 2 rings (SSSR count). The molecule has 0 aromatic heterocycles. The summed E-state index contributed by atoms with van der Waals surface area (Å²) in [5, 5.41) is 0.321. The summed E-state index contributed by atoms with van der Waals surface area (Å²) >= 11 is 1.88. The number of ether oxygens (including phenoxy) is 1. The summed E-state index contributed by atoms with van der Waals surface area (Å²) in [6.45, 7) is 2.76. The first kappa shape index (κ1) is 14.9. The molecule has 0 saturated carbocycles. The second-order valence-corrected chi connectivity index (χ2v) is 5.99. The van der Waals surface area contributed by atoms with E-state index < -0.39 is 0 Å². The Labute approximate surface area is 125 Å². The monoisotopic (exact) mass is 287 g/mol. The largest absolute Gasteiger partial charge is 0.497 e. The number of hydrogen-bond donors (Lipinski definition) is 1. The molecule has 0 aliphatic rings. The molecule has 0 amide bonds. The molecule has 0 spiro atoms. The van der Waals surface area contributed by atoms with Crippen molar-refractivity contribution in [3.63, 3.8) is 0 Å². The van der Waals surface area contributed by atoms with Gasteiger partial charge in [0.05, 0.1) is 7.11 Å². The third kappa shape index (κ3) is 4.02. The summed E-state index contributed by atoms with van der Waals surface area (Å²) in [5.41, 5.74) is 9.82. The van der Waals surface area contributed by atoms with Crippen molar-refractivity contribution in [1.29, 1.82) is 0 Å². The molecule has 0 aliphatic heterocycles. The van der Waals surface area contributed by atoms with Gasteiger partial charge in [-0.25, -0.2) is 0 Å². The van der Waals surface area contributed by atoms with E-state index in [0.29, 0.717) is 11.8 Å². The third-order valence-electron chi connectivity index (χ3n) is 3.24. The van der Waals surface area contributed by atoms with Crippen molar-refractivity contribution >= 4 is 11.8 Å². The summed E-state index contributed by atoms with van der Waals surface area (Å²) in [6, 6.07) is 16.8. The van der Waals surface area contributed by atoms with E-state index >= 15 is 0 Å². The molecule has 2 N–H and O–H groups in total. The first-order chi connectivity index (χ1) is 9.72. The molecule has 0 saturated heterocycles. The molecule has 106 valence electrons. The normalized spacial score (nSPS) is 12.2. The fraction of sp³-hybridized carbons (Fsp3) is 0.294. The zero-order valence-electron chi connectivity index (χ0n) is 12.0. The number of nitrogens with two attached hydrogens (primary N) is 1. The molecule has 1 unspecified atom stereocenters. The maximum atomic E-state index is 5.92. The van der Waals surface area contributed by atoms with Crippen LogP contribution in [0.2, 0.25) is 0 Å². The molecular weight excluding hydrogens is 266 g/mol. The van der Waals surface area contributed by atoms with Crippen LogP contribution in [0.25, 0.3) is 0 Å². The highest BCUT2D eigenvalue weighted by molar-refractivity contribution is 7.98. The van der Waals surface area contributed by atoms with Gasteiger partial charge >= 0.3 is 0 Å². The summed E-state index contributed by atoms with van der Waals surface area (Å²) in [6.07, 6.45) is 0. The molecule has 2 nitrogen and oxygen atoms in total. The quantitative estimate of drug-likeness (QED) is 0.874. The molecule has 20 heavy (non-hydrogen) atoms. The standard InChI is InChI=1S/C17H21NOS/c1-13-4-3-5-14(10-13)12-20-17(11-18)15-6-8-16(19-2)9-7-15/h3-10,17H,11-12,18H2,1-2H3. The van der Waals surface area contributed by atoms with Crippen LogP contribution < -0.4 is 10.5 Å². The molecule has 0 heterocycles. The lowest BCUT2D eigenvalue weighted by Crippen LogP contribution is -2.09. The highest BCUT2D eigenvalue weighted by Crippen LogP contribution is 2.31. The zero-order chi connectivity index (χ0) is 14.4. The van der Waals surface area contributed by atoms with Crippen molar-refractivity contribution in [3.8, 4) is 5.75 Å².